The molecule has 2 nitrogen and oxygen atoms in total. The standard InChI is InChI=1S/C18H14N2S/c19-11-17(12-20)18(16-9-5-2-6-10-16)14-21-13-15-7-3-1-4-8-15/h1-10H,13-14H2. The fourth-order valence-corrected chi connectivity index (χ4v) is 2.99. The third kappa shape index (κ3) is 4.24. The summed E-state index contributed by atoms with van der Waals surface area (Å²) >= 11 is 1.71. The molecule has 3 heteroatoms. The summed E-state index contributed by atoms with van der Waals surface area (Å²) in [5, 5.41) is 18.3. The maximum Gasteiger partial charge on any atom is 0.134 e. The molecule has 0 aliphatic carbocycles. The van der Waals surface area contributed by atoms with E-state index in [4.69, 9.17) is 10.5 Å². The van der Waals surface area contributed by atoms with Gasteiger partial charge in [0, 0.05) is 11.5 Å². The van der Waals surface area contributed by atoms with Crippen LogP contribution in [0.2, 0.25) is 0 Å². The van der Waals surface area contributed by atoms with E-state index in [0.29, 0.717) is 5.75 Å². The number of hydrogen-bond donors (Lipinski definition) is 0. The Morgan fingerprint density at radius 3 is 2.00 bits per heavy atom. The molecule has 0 N–H and O–H groups in total. The lowest BCUT2D eigenvalue weighted by Gasteiger charge is -2.08. The number of benzene rings is 2. The van der Waals surface area contributed by atoms with Gasteiger partial charge in [0.25, 0.3) is 0 Å². The number of rotatable bonds is 5. The van der Waals surface area contributed by atoms with Crippen LogP contribution in [0.15, 0.2) is 66.2 Å². The fourth-order valence-electron chi connectivity index (χ4n) is 1.94. The first-order valence-electron chi connectivity index (χ1n) is 6.55. The van der Waals surface area contributed by atoms with Crippen molar-refractivity contribution >= 4 is 17.3 Å². The lowest BCUT2D eigenvalue weighted by Crippen LogP contribution is -1.93. The van der Waals surface area contributed by atoms with Gasteiger partial charge >= 0.3 is 0 Å². The minimum Gasteiger partial charge on any atom is -0.192 e. The van der Waals surface area contributed by atoms with Gasteiger partial charge < -0.3 is 0 Å². The molecule has 0 unspecified atom stereocenters. The van der Waals surface area contributed by atoms with Gasteiger partial charge in [-0.2, -0.15) is 22.3 Å². The van der Waals surface area contributed by atoms with E-state index >= 15 is 0 Å². The van der Waals surface area contributed by atoms with Crippen molar-refractivity contribution in [3.63, 3.8) is 0 Å². The molecule has 0 saturated heterocycles. The molecule has 0 aliphatic rings. The number of allylic oxidation sites excluding steroid dienone is 1. The Balaban J connectivity index is 2.14. The Bertz CT molecular complexity index is 675. The molecule has 0 radical (unpaired) electrons. The molecule has 2 aromatic rings. The molecule has 0 bridgehead atoms. The minimum atomic E-state index is 0.196. The minimum absolute atomic E-state index is 0.196. The summed E-state index contributed by atoms with van der Waals surface area (Å²) < 4.78 is 0. The number of nitriles is 2. The zero-order chi connectivity index (χ0) is 14.9. The Hall–Kier alpha value is -2.49. The maximum atomic E-state index is 9.13. The van der Waals surface area contributed by atoms with Crippen LogP contribution < -0.4 is 0 Å². The summed E-state index contributed by atoms with van der Waals surface area (Å²) in [6, 6.07) is 23.8. The third-order valence-corrected chi connectivity index (χ3v) is 4.04. The van der Waals surface area contributed by atoms with Gasteiger partial charge in [-0.15, -0.1) is 0 Å². The predicted molar refractivity (Wildman–Crippen MR) is 87.2 cm³/mol. The van der Waals surface area contributed by atoms with E-state index in [1.165, 1.54) is 5.56 Å². The summed E-state index contributed by atoms with van der Waals surface area (Å²) in [5.74, 6) is 1.51. The Morgan fingerprint density at radius 1 is 0.857 bits per heavy atom. The van der Waals surface area contributed by atoms with Crippen molar-refractivity contribution in [2.75, 3.05) is 5.75 Å². The first-order chi connectivity index (χ1) is 10.3. The quantitative estimate of drug-likeness (QED) is 0.766. The van der Waals surface area contributed by atoms with E-state index in [-0.39, 0.29) is 5.57 Å². The van der Waals surface area contributed by atoms with Gasteiger partial charge in [0.2, 0.25) is 0 Å². The maximum absolute atomic E-state index is 9.13. The molecule has 0 atom stereocenters. The highest BCUT2D eigenvalue weighted by molar-refractivity contribution is 7.98. The van der Waals surface area contributed by atoms with Crippen LogP contribution in [0.4, 0.5) is 0 Å². The highest BCUT2D eigenvalue weighted by atomic mass is 32.2. The van der Waals surface area contributed by atoms with Crippen molar-refractivity contribution in [3.05, 3.63) is 77.4 Å². The predicted octanol–water partition coefficient (Wildman–Crippen LogP) is 4.42. The number of hydrogen-bond acceptors (Lipinski definition) is 3. The topological polar surface area (TPSA) is 47.6 Å². The third-order valence-electron chi connectivity index (χ3n) is 3.01. The van der Waals surface area contributed by atoms with Crippen LogP contribution in [0.3, 0.4) is 0 Å². The molecule has 0 saturated carbocycles. The highest BCUT2D eigenvalue weighted by Crippen LogP contribution is 2.25. The zero-order valence-electron chi connectivity index (χ0n) is 11.5. The van der Waals surface area contributed by atoms with E-state index in [1.807, 2.05) is 60.7 Å². The first kappa shape index (κ1) is 14.9. The molecule has 21 heavy (non-hydrogen) atoms. The van der Waals surface area contributed by atoms with E-state index < -0.39 is 0 Å². The van der Waals surface area contributed by atoms with Gasteiger partial charge in [0.05, 0.1) is 0 Å². The van der Waals surface area contributed by atoms with Gasteiger partial charge in [0.15, 0.2) is 0 Å². The molecule has 0 amide bonds. The second-order valence-electron chi connectivity index (χ2n) is 4.42. The van der Waals surface area contributed by atoms with Gasteiger partial charge in [-0.1, -0.05) is 60.7 Å². The molecule has 102 valence electrons. The molecule has 2 rings (SSSR count). The normalized spacial score (nSPS) is 9.43. The summed E-state index contributed by atoms with van der Waals surface area (Å²) in [4.78, 5) is 0. The van der Waals surface area contributed by atoms with Crippen molar-refractivity contribution in [3.8, 4) is 12.1 Å². The van der Waals surface area contributed by atoms with Crippen LogP contribution in [-0.4, -0.2) is 5.75 Å². The van der Waals surface area contributed by atoms with Crippen LogP contribution in [0.1, 0.15) is 11.1 Å². The SMILES string of the molecule is N#CC(C#N)=C(CSCc1ccccc1)c1ccccc1. The summed E-state index contributed by atoms with van der Waals surface area (Å²) in [6.45, 7) is 0. The lowest BCUT2D eigenvalue weighted by atomic mass is 10.0. The van der Waals surface area contributed by atoms with Crippen molar-refractivity contribution in [2.24, 2.45) is 0 Å². The Morgan fingerprint density at radius 2 is 1.43 bits per heavy atom. The lowest BCUT2D eigenvalue weighted by molar-refractivity contribution is 1.41. The van der Waals surface area contributed by atoms with E-state index in [9.17, 15) is 0 Å². The highest BCUT2D eigenvalue weighted by Gasteiger charge is 2.09. The van der Waals surface area contributed by atoms with Gasteiger partial charge in [0.1, 0.15) is 17.7 Å². The Kier molecular flexibility index (Phi) is 5.64. The number of nitrogens with zero attached hydrogens (tertiary/aromatic N) is 2. The molecule has 0 aromatic heterocycles. The second-order valence-corrected chi connectivity index (χ2v) is 5.41. The average molecular weight is 290 g/mol. The van der Waals surface area contributed by atoms with Gasteiger partial charge in [-0.05, 0) is 16.7 Å². The van der Waals surface area contributed by atoms with E-state index in [0.717, 1.165) is 16.9 Å². The molecule has 2 aromatic carbocycles. The smallest absolute Gasteiger partial charge is 0.134 e. The van der Waals surface area contributed by atoms with Crippen LogP contribution in [0.25, 0.3) is 5.57 Å². The average Bonchev–Trinajstić information content (AvgIpc) is 2.56. The summed E-state index contributed by atoms with van der Waals surface area (Å²) in [6.07, 6.45) is 0. The summed E-state index contributed by atoms with van der Waals surface area (Å²) in [7, 11) is 0. The van der Waals surface area contributed by atoms with E-state index in [2.05, 4.69) is 12.1 Å². The molecule has 0 heterocycles. The van der Waals surface area contributed by atoms with E-state index in [1.54, 1.807) is 11.8 Å². The second kappa shape index (κ2) is 7.94. The van der Waals surface area contributed by atoms with Gasteiger partial charge in [-0.3, -0.25) is 0 Å². The zero-order valence-corrected chi connectivity index (χ0v) is 12.3. The molecule has 0 fully saturated rings. The number of thioether (sulfide) groups is 1. The largest absolute Gasteiger partial charge is 0.192 e. The molecular formula is C18H14N2S. The first-order valence-corrected chi connectivity index (χ1v) is 7.71. The van der Waals surface area contributed by atoms with Crippen molar-refractivity contribution in [2.45, 2.75) is 5.75 Å². The fraction of sp³-hybridized carbons (Fsp3) is 0.111. The molecule has 0 aliphatic heterocycles. The van der Waals surface area contributed by atoms with Crippen LogP contribution in [0.5, 0.6) is 0 Å². The van der Waals surface area contributed by atoms with Crippen molar-refractivity contribution in [1.82, 2.24) is 0 Å². The van der Waals surface area contributed by atoms with Crippen LogP contribution in [0, 0.1) is 22.7 Å². The molecule has 0 spiro atoms. The van der Waals surface area contributed by atoms with Gasteiger partial charge in [-0.25, -0.2) is 0 Å². The molecular weight excluding hydrogens is 276 g/mol. The van der Waals surface area contributed by atoms with Crippen LogP contribution in [-0.2, 0) is 5.75 Å². The Labute approximate surface area is 129 Å². The van der Waals surface area contributed by atoms with Crippen molar-refractivity contribution in [1.29, 1.82) is 10.5 Å². The summed E-state index contributed by atoms with van der Waals surface area (Å²) in [5.41, 5.74) is 3.19. The van der Waals surface area contributed by atoms with Crippen LogP contribution >= 0.6 is 11.8 Å². The monoisotopic (exact) mass is 290 g/mol. The van der Waals surface area contributed by atoms with Crippen molar-refractivity contribution < 1.29 is 0 Å².